The van der Waals surface area contributed by atoms with Crippen LogP contribution in [0.25, 0.3) is 0 Å². The molecule has 0 bridgehead atoms. The second-order valence-corrected chi connectivity index (χ2v) is 6.27. The summed E-state index contributed by atoms with van der Waals surface area (Å²) >= 11 is 7.10. The number of carbonyl (C=O) groups excluding carboxylic acids is 3. The number of hydrogen-bond acceptors (Lipinski definition) is 4. The number of nitrogens with one attached hydrogen (secondary N) is 3. The smallest absolute Gasteiger partial charge is 0.261 e. The number of amides is 3. The quantitative estimate of drug-likeness (QED) is 0.683. The summed E-state index contributed by atoms with van der Waals surface area (Å²) in [6.45, 7) is 0.190. The number of carbonyl (C=O) groups is 3. The molecule has 0 saturated heterocycles. The Morgan fingerprint density at radius 2 is 1.71 bits per heavy atom. The van der Waals surface area contributed by atoms with Gasteiger partial charge in [0.2, 0.25) is 11.8 Å². The van der Waals surface area contributed by atoms with Gasteiger partial charge in [0.25, 0.3) is 5.91 Å². The van der Waals surface area contributed by atoms with Crippen LogP contribution in [0.2, 0.25) is 5.02 Å². The number of benzene rings is 1. The molecule has 1 aromatic carbocycles. The van der Waals surface area contributed by atoms with Gasteiger partial charge in [-0.1, -0.05) is 29.8 Å². The highest BCUT2D eigenvalue weighted by Crippen LogP contribution is 2.09. The van der Waals surface area contributed by atoms with Gasteiger partial charge in [-0.25, -0.2) is 0 Å². The lowest BCUT2D eigenvalue weighted by atomic mass is 10.1. The monoisotopic (exact) mass is 365 g/mol. The molecule has 0 fully saturated rings. The van der Waals surface area contributed by atoms with Gasteiger partial charge in [-0.15, -0.1) is 11.3 Å². The molecule has 0 spiro atoms. The maximum absolute atomic E-state index is 11.7. The number of halogens is 1. The first-order valence-corrected chi connectivity index (χ1v) is 8.44. The highest BCUT2D eigenvalue weighted by Gasteiger charge is 2.08. The Hall–Kier alpha value is -2.38. The molecule has 0 aliphatic heterocycles. The van der Waals surface area contributed by atoms with Crippen molar-refractivity contribution in [2.45, 2.75) is 12.8 Å². The molecule has 0 radical (unpaired) electrons. The van der Waals surface area contributed by atoms with Gasteiger partial charge < -0.3 is 5.32 Å². The largest absolute Gasteiger partial charge is 0.351 e. The van der Waals surface area contributed by atoms with Gasteiger partial charge in [-0.3, -0.25) is 25.2 Å². The van der Waals surface area contributed by atoms with Crippen LogP contribution in [0, 0.1) is 0 Å². The van der Waals surface area contributed by atoms with E-state index in [1.807, 2.05) is 0 Å². The first-order chi connectivity index (χ1) is 11.5. The Kier molecular flexibility index (Phi) is 6.77. The lowest BCUT2D eigenvalue weighted by Crippen LogP contribution is -2.43. The molecule has 0 atom stereocenters. The van der Waals surface area contributed by atoms with E-state index in [1.54, 1.807) is 41.8 Å². The van der Waals surface area contributed by atoms with Gasteiger partial charge in [-0.2, -0.15) is 0 Å². The van der Waals surface area contributed by atoms with Gasteiger partial charge in [0.15, 0.2) is 0 Å². The van der Waals surface area contributed by atoms with E-state index in [-0.39, 0.29) is 37.1 Å². The van der Waals surface area contributed by atoms with Crippen molar-refractivity contribution in [3.8, 4) is 0 Å². The van der Waals surface area contributed by atoms with Crippen molar-refractivity contribution in [3.63, 3.8) is 0 Å². The number of hydrazine groups is 1. The van der Waals surface area contributed by atoms with Crippen LogP contribution >= 0.6 is 22.9 Å². The Balaban J connectivity index is 1.63. The van der Waals surface area contributed by atoms with E-state index in [4.69, 9.17) is 11.6 Å². The van der Waals surface area contributed by atoms with Crippen molar-refractivity contribution < 1.29 is 14.4 Å². The van der Waals surface area contributed by atoms with E-state index in [0.29, 0.717) is 9.90 Å². The van der Waals surface area contributed by atoms with E-state index in [1.165, 1.54) is 11.3 Å². The molecule has 3 amide bonds. The summed E-state index contributed by atoms with van der Waals surface area (Å²) in [6, 6.07) is 10.4. The molecule has 0 unspecified atom stereocenters. The fraction of sp³-hybridized carbons (Fsp3) is 0.188. The molecular weight excluding hydrogens is 350 g/mol. The van der Waals surface area contributed by atoms with E-state index in [2.05, 4.69) is 16.2 Å². The summed E-state index contributed by atoms with van der Waals surface area (Å²) in [7, 11) is 0. The minimum absolute atomic E-state index is 0.0678. The molecule has 24 heavy (non-hydrogen) atoms. The maximum Gasteiger partial charge on any atom is 0.261 e. The van der Waals surface area contributed by atoms with Crippen molar-refractivity contribution in [2.24, 2.45) is 0 Å². The fourth-order valence-electron chi connectivity index (χ4n) is 1.82. The van der Waals surface area contributed by atoms with Crippen molar-refractivity contribution in [1.82, 2.24) is 16.2 Å². The average Bonchev–Trinajstić information content (AvgIpc) is 3.10. The van der Waals surface area contributed by atoms with Crippen LogP contribution in [0.3, 0.4) is 0 Å². The van der Waals surface area contributed by atoms with Crippen LogP contribution in [0.5, 0.6) is 0 Å². The van der Waals surface area contributed by atoms with Crippen molar-refractivity contribution in [2.75, 3.05) is 6.54 Å². The third kappa shape index (κ3) is 6.02. The number of rotatable bonds is 6. The predicted octanol–water partition coefficient (Wildman–Crippen LogP) is 1.91. The Bertz CT molecular complexity index is 702. The SMILES string of the molecule is O=C(CCNC(=O)c1cccs1)NNC(=O)Cc1ccc(Cl)cc1. The van der Waals surface area contributed by atoms with E-state index in [9.17, 15) is 14.4 Å². The minimum atomic E-state index is -0.383. The van der Waals surface area contributed by atoms with Crippen LogP contribution in [0.1, 0.15) is 21.7 Å². The highest BCUT2D eigenvalue weighted by atomic mass is 35.5. The molecule has 1 heterocycles. The Labute approximate surface area is 148 Å². The van der Waals surface area contributed by atoms with Crippen LogP contribution in [-0.4, -0.2) is 24.3 Å². The van der Waals surface area contributed by atoms with Crippen LogP contribution in [-0.2, 0) is 16.0 Å². The fourth-order valence-corrected chi connectivity index (χ4v) is 2.58. The second-order valence-electron chi connectivity index (χ2n) is 4.88. The van der Waals surface area contributed by atoms with Crippen molar-refractivity contribution in [3.05, 3.63) is 57.2 Å². The zero-order chi connectivity index (χ0) is 17.4. The molecule has 0 saturated carbocycles. The lowest BCUT2D eigenvalue weighted by molar-refractivity contribution is -0.128. The normalized spacial score (nSPS) is 10.0. The third-order valence-corrected chi connectivity index (χ3v) is 4.12. The van der Waals surface area contributed by atoms with Gasteiger partial charge in [0, 0.05) is 18.0 Å². The van der Waals surface area contributed by atoms with E-state index < -0.39 is 0 Å². The van der Waals surface area contributed by atoms with E-state index in [0.717, 1.165) is 5.56 Å². The third-order valence-electron chi connectivity index (χ3n) is 3.00. The molecular formula is C16H16ClN3O3S. The lowest BCUT2D eigenvalue weighted by Gasteiger charge is -2.08. The van der Waals surface area contributed by atoms with Crippen molar-refractivity contribution >= 4 is 40.7 Å². The highest BCUT2D eigenvalue weighted by molar-refractivity contribution is 7.12. The van der Waals surface area contributed by atoms with Gasteiger partial charge >= 0.3 is 0 Å². The first kappa shape index (κ1) is 18.0. The van der Waals surface area contributed by atoms with Gasteiger partial charge in [0.1, 0.15) is 0 Å². The topological polar surface area (TPSA) is 87.3 Å². The predicted molar refractivity (Wildman–Crippen MR) is 92.7 cm³/mol. The summed E-state index contributed by atoms with van der Waals surface area (Å²) in [5, 5.41) is 5.03. The summed E-state index contributed by atoms with van der Waals surface area (Å²) in [6.07, 6.45) is 0.199. The van der Waals surface area contributed by atoms with Gasteiger partial charge in [0.05, 0.1) is 11.3 Å². The molecule has 126 valence electrons. The number of hydrogen-bond donors (Lipinski definition) is 3. The second kappa shape index (κ2) is 9.05. The Morgan fingerprint density at radius 3 is 2.38 bits per heavy atom. The average molecular weight is 366 g/mol. The summed E-state index contributed by atoms with van der Waals surface area (Å²) in [5.41, 5.74) is 5.42. The van der Waals surface area contributed by atoms with Crippen molar-refractivity contribution in [1.29, 1.82) is 0 Å². The molecule has 1 aromatic heterocycles. The summed E-state index contributed by atoms with van der Waals surface area (Å²) < 4.78 is 0. The molecule has 2 aromatic rings. The summed E-state index contributed by atoms with van der Waals surface area (Å²) in [5.74, 6) is -0.941. The van der Waals surface area contributed by atoms with E-state index >= 15 is 0 Å². The molecule has 0 aliphatic carbocycles. The molecule has 3 N–H and O–H groups in total. The first-order valence-electron chi connectivity index (χ1n) is 7.18. The van der Waals surface area contributed by atoms with Crippen LogP contribution in [0.15, 0.2) is 41.8 Å². The number of thiophene rings is 1. The van der Waals surface area contributed by atoms with Gasteiger partial charge in [-0.05, 0) is 29.1 Å². The maximum atomic E-state index is 11.7. The summed E-state index contributed by atoms with van der Waals surface area (Å²) in [4.78, 5) is 35.6. The molecule has 6 nitrogen and oxygen atoms in total. The minimum Gasteiger partial charge on any atom is -0.351 e. The zero-order valence-electron chi connectivity index (χ0n) is 12.7. The van der Waals surface area contributed by atoms with Crippen LogP contribution in [0.4, 0.5) is 0 Å². The Morgan fingerprint density at radius 1 is 1.00 bits per heavy atom. The molecule has 0 aliphatic rings. The van der Waals surface area contributed by atoms with Crippen LogP contribution < -0.4 is 16.2 Å². The molecule has 2 rings (SSSR count). The zero-order valence-corrected chi connectivity index (χ0v) is 14.2. The molecule has 8 heteroatoms. The standard InChI is InChI=1S/C16H16ClN3O3S/c17-12-5-3-11(4-6-12)10-15(22)20-19-14(21)7-8-18-16(23)13-2-1-9-24-13/h1-6,9H,7-8,10H2,(H,18,23)(H,19,21)(H,20,22).